The van der Waals surface area contributed by atoms with E-state index >= 15 is 0 Å². The summed E-state index contributed by atoms with van der Waals surface area (Å²) in [6.07, 6.45) is 2.00. The maximum Gasteiger partial charge on any atom is 0.251 e. The van der Waals surface area contributed by atoms with Crippen molar-refractivity contribution in [2.45, 2.75) is 32.3 Å². The van der Waals surface area contributed by atoms with Gasteiger partial charge in [-0.3, -0.25) is 4.79 Å². The van der Waals surface area contributed by atoms with Gasteiger partial charge in [0.25, 0.3) is 5.91 Å². The molecule has 1 amide bonds. The van der Waals surface area contributed by atoms with Gasteiger partial charge in [-0.05, 0) is 47.3 Å². The molecule has 0 aliphatic rings. The highest BCUT2D eigenvalue weighted by molar-refractivity contribution is 5.83. The third-order valence-electron chi connectivity index (χ3n) is 1.87. The number of nitrogens with one attached hydrogen (secondary N) is 1. The lowest BCUT2D eigenvalue weighted by Crippen LogP contribution is -2.42. The minimum Gasteiger partial charge on any atom is -0.381 e. The Kier molecular flexibility index (Phi) is 5.72. The summed E-state index contributed by atoms with van der Waals surface area (Å²) < 4.78 is 0. The van der Waals surface area contributed by atoms with E-state index in [0.717, 1.165) is 19.4 Å². The number of rotatable bonds is 6. The molecule has 0 aliphatic carbocycles. The first-order valence-electron chi connectivity index (χ1n) is 4.99. The number of carbonyl (C=O) groups is 1. The molecule has 2 N–H and O–H groups in total. The Morgan fingerprint density at radius 2 is 1.93 bits per heavy atom. The van der Waals surface area contributed by atoms with Crippen molar-refractivity contribution < 1.29 is 9.90 Å². The second-order valence-corrected chi connectivity index (χ2v) is 4.33. The second-order valence-electron chi connectivity index (χ2n) is 4.33. The monoisotopic (exact) mass is 202 g/mol. The van der Waals surface area contributed by atoms with Gasteiger partial charge < -0.3 is 15.3 Å². The van der Waals surface area contributed by atoms with Crippen molar-refractivity contribution in [3.8, 4) is 0 Å². The fourth-order valence-electron chi connectivity index (χ4n) is 0.971. The van der Waals surface area contributed by atoms with Crippen LogP contribution in [0.2, 0.25) is 0 Å². The van der Waals surface area contributed by atoms with Gasteiger partial charge in [-0.2, -0.15) is 0 Å². The lowest BCUT2D eigenvalue weighted by molar-refractivity contribution is -0.136. The van der Waals surface area contributed by atoms with Crippen LogP contribution in [0.15, 0.2) is 0 Å². The van der Waals surface area contributed by atoms with Crippen LogP contribution in [-0.4, -0.2) is 48.7 Å². The van der Waals surface area contributed by atoms with Crippen molar-refractivity contribution in [3.05, 3.63) is 0 Å². The molecule has 14 heavy (non-hydrogen) atoms. The summed E-state index contributed by atoms with van der Waals surface area (Å²) >= 11 is 0. The van der Waals surface area contributed by atoms with Crippen LogP contribution in [0.4, 0.5) is 0 Å². The van der Waals surface area contributed by atoms with Gasteiger partial charge in [0.15, 0.2) is 0 Å². The normalized spacial score (nSPS) is 11.9. The van der Waals surface area contributed by atoms with E-state index in [1.54, 1.807) is 0 Å². The summed E-state index contributed by atoms with van der Waals surface area (Å²) in [7, 11) is 4.05. The first-order valence-corrected chi connectivity index (χ1v) is 4.99. The Morgan fingerprint density at radius 3 is 2.36 bits per heavy atom. The van der Waals surface area contributed by atoms with E-state index < -0.39 is 5.60 Å². The largest absolute Gasteiger partial charge is 0.381 e. The van der Waals surface area contributed by atoms with Crippen molar-refractivity contribution in [2.24, 2.45) is 0 Å². The second kappa shape index (κ2) is 5.98. The van der Waals surface area contributed by atoms with Crippen LogP contribution in [0.3, 0.4) is 0 Å². The SMILES string of the molecule is CN(C)CCCCNC(=O)C(C)(C)O. The summed E-state index contributed by atoms with van der Waals surface area (Å²) in [6.45, 7) is 4.64. The van der Waals surface area contributed by atoms with Crippen molar-refractivity contribution in [1.82, 2.24) is 10.2 Å². The minimum absolute atomic E-state index is 0.303. The number of hydrogen-bond acceptors (Lipinski definition) is 3. The van der Waals surface area contributed by atoms with E-state index in [4.69, 9.17) is 0 Å². The zero-order valence-corrected chi connectivity index (χ0v) is 9.63. The smallest absolute Gasteiger partial charge is 0.251 e. The van der Waals surface area contributed by atoms with Crippen molar-refractivity contribution in [1.29, 1.82) is 0 Å². The highest BCUT2D eigenvalue weighted by Crippen LogP contribution is 1.99. The Labute approximate surface area is 86.3 Å². The standard InChI is InChI=1S/C10H22N2O2/c1-10(2,14)9(13)11-7-5-6-8-12(3)4/h14H,5-8H2,1-4H3,(H,11,13). The van der Waals surface area contributed by atoms with E-state index in [2.05, 4.69) is 10.2 Å². The van der Waals surface area contributed by atoms with Gasteiger partial charge in [-0.15, -0.1) is 0 Å². The molecule has 4 heteroatoms. The molecule has 0 aromatic carbocycles. The maximum absolute atomic E-state index is 11.2. The van der Waals surface area contributed by atoms with Gasteiger partial charge in [0.1, 0.15) is 5.60 Å². The highest BCUT2D eigenvalue weighted by atomic mass is 16.3. The number of nitrogens with zero attached hydrogens (tertiary/aromatic N) is 1. The van der Waals surface area contributed by atoms with Crippen LogP contribution < -0.4 is 5.32 Å². The third-order valence-corrected chi connectivity index (χ3v) is 1.87. The first-order chi connectivity index (χ1) is 6.34. The molecular weight excluding hydrogens is 180 g/mol. The molecule has 0 aromatic rings. The quantitative estimate of drug-likeness (QED) is 0.606. The van der Waals surface area contributed by atoms with E-state index in [9.17, 15) is 9.90 Å². The third kappa shape index (κ3) is 6.86. The Morgan fingerprint density at radius 1 is 1.36 bits per heavy atom. The van der Waals surface area contributed by atoms with Gasteiger partial charge in [0.05, 0.1) is 0 Å². The number of carbonyl (C=O) groups excluding carboxylic acids is 1. The van der Waals surface area contributed by atoms with Crippen LogP contribution in [0.1, 0.15) is 26.7 Å². The predicted molar refractivity (Wildman–Crippen MR) is 57.1 cm³/mol. The van der Waals surface area contributed by atoms with Crippen LogP contribution in [0.5, 0.6) is 0 Å². The van der Waals surface area contributed by atoms with E-state index in [0.29, 0.717) is 6.54 Å². The molecule has 0 atom stereocenters. The van der Waals surface area contributed by atoms with E-state index in [1.165, 1.54) is 13.8 Å². The molecule has 84 valence electrons. The lowest BCUT2D eigenvalue weighted by Gasteiger charge is -2.16. The average Bonchev–Trinajstić information content (AvgIpc) is 2.01. The van der Waals surface area contributed by atoms with Gasteiger partial charge in [0.2, 0.25) is 0 Å². The molecule has 4 nitrogen and oxygen atoms in total. The van der Waals surface area contributed by atoms with Crippen molar-refractivity contribution in [2.75, 3.05) is 27.2 Å². The molecule has 0 saturated heterocycles. The maximum atomic E-state index is 11.2. The first kappa shape index (κ1) is 13.4. The molecule has 0 bridgehead atoms. The fraction of sp³-hybridized carbons (Fsp3) is 0.900. The van der Waals surface area contributed by atoms with Crippen LogP contribution >= 0.6 is 0 Å². The molecule has 0 fully saturated rings. The molecule has 0 rings (SSSR count). The van der Waals surface area contributed by atoms with Crippen LogP contribution in [0, 0.1) is 0 Å². The molecule has 0 heterocycles. The average molecular weight is 202 g/mol. The van der Waals surface area contributed by atoms with Gasteiger partial charge in [-0.25, -0.2) is 0 Å². The predicted octanol–water partition coefficient (Wildman–Crippen LogP) is 0.215. The van der Waals surface area contributed by atoms with Crippen molar-refractivity contribution >= 4 is 5.91 Å². The van der Waals surface area contributed by atoms with Crippen molar-refractivity contribution in [3.63, 3.8) is 0 Å². The van der Waals surface area contributed by atoms with E-state index in [1.807, 2.05) is 14.1 Å². The number of hydrogen-bond donors (Lipinski definition) is 2. The fourth-order valence-corrected chi connectivity index (χ4v) is 0.971. The van der Waals surface area contributed by atoms with Gasteiger partial charge >= 0.3 is 0 Å². The summed E-state index contributed by atoms with van der Waals surface area (Å²) in [5.74, 6) is -0.303. The molecule has 0 unspecified atom stereocenters. The van der Waals surface area contributed by atoms with E-state index in [-0.39, 0.29) is 5.91 Å². The summed E-state index contributed by atoms with van der Waals surface area (Å²) in [5.41, 5.74) is -1.26. The molecule has 0 spiro atoms. The zero-order chi connectivity index (χ0) is 11.2. The lowest BCUT2D eigenvalue weighted by atomic mass is 10.1. The minimum atomic E-state index is -1.26. The Bertz CT molecular complexity index is 173. The number of amides is 1. The summed E-state index contributed by atoms with van der Waals surface area (Å²) in [6, 6.07) is 0. The summed E-state index contributed by atoms with van der Waals surface area (Å²) in [4.78, 5) is 13.3. The van der Waals surface area contributed by atoms with Gasteiger partial charge in [-0.1, -0.05) is 0 Å². The Balaban J connectivity index is 3.42. The molecular formula is C10H22N2O2. The topological polar surface area (TPSA) is 52.6 Å². The zero-order valence-electron chi connectivity index (χ0n) is 9.63. The number of aliphatic hydroxyl groups is 1. The molecule has 0 radical (unpaired) electrons. The Hall–Kier alpha value is -0.610. The molecule has 0 aliphatic heterocycles. The van der Waals surface area contributed by atoms with Crippen LogP contribution in [0.25, 0.3) is 0 Å². The van der Waals surface area contributed by atoms with Gasteiger partial charge in [0, 0.05) is 6.54 Å². The summed E-state index contributed by atoms with van der Waals surface area (Å²) in [5, 5.41) is 12.0. The van der Waals surface area contributed by atoms with Crippen LogP contribution in [-0.2, 0) is 4.79 Å². The highest BCUT2D eigenvalue weighted by Gasteiger charge is 2.22. The molecule has 0 aromatic heterocycles. The number of unbranched alkanes of at least 4 members (excludes halogenated alkanes) is 1. The molecule has 0 saturated carbocycles.